The van der Waals surface area contributed by atoms with Gasteiger partial charge in [-0.25, -0.2) is 28.8 Å². The molecule has 1 fully saturated rings. The second kappa shape index (κ2) is 30.0. The van der Waals surface area contributed by atoms with Crippen LogP contribution in [0.25, 0.3) is 0 Å². The maximum Gasteiger partial charge on any atom is 0.332 e. The van der Waals surface area contributed by atoms with Gasteiger partial charge in [-0.2, -0.15) is 0 Å². The molecule has 1 aliphatic heterocycles. The molecule has 0 bridgehead atoms. The van der Waals surface area contributed by atoms with Crippen molar-refractivity contribution < 1.29 is 101 Å². The topological polar surface area (TPSA) is 393 Å². The molecule has 27 nitrogen and oxygen atoms in total. The van der Waals surface area contributed by atoms with Crippen LogP contribution in [-0.2, 0) is 86.0 Å². The van der Waals surface area contributed by atoms with Crippen LogP contribution in [0.2, 0.25) is 0 Å². The van der Waals surface area contributed by atoms with E-state index in [-0.39, 0.29) is 0 Å². The lowest BCUT2D eigenvalue weighted by atomic mass is 9.97. The Balaban J connectivity index is 3.98. The van der Waals surface area contributed by atoms with Gasteiger partial charge in [0, 0.05) is 0 Å². The molecule has 462 valence electrons. The molecule has 0 aliphatic carbocycles. The highest BCUT2D eigenvalue weighted by Crippen LogP contribution is 2.21. The number of amides is 6. The Kier molecular flexibility index (Phi) is 26.9. The Labute approximate surface area is 473 Å². The molecule has 0 saturated carbocycles. The van der Waals surface area contributed by atoms with E-state index >= 15 is 0 Å². The fourth-order valence-corrected chi connectivity index (χ4v) is 7.51. The van der Waals surface area contributed by atoms with Gasteiger partial charge in [-0.05, 0) is 97.8 Å². The van der Waals surface area contributed by atoms with E-state index in [0.29, 0.717) is 0 Å². The smallest absolute Gasteiger partial charge is 0.332 e. The summed E-state index contributed by atoms with van der Waals surface area (Å²) in [4.78, 5) is 165. The number of carbonyl (C=O) groups is 12. The monoisotopic (exact) mass is 1160 g/mol. The molecule has 12 atom stereocenters. The molecule has 1 aliphatic rings. The predicted molar refractivity (Wildman–Crippen MR) is 286 cm³/mol. The van der Waals surface area contributed by atoms with Crippen molar-refractivity contribution in [2.75, 3.05) is 0 Å². The fraction of sp³-hybridized carbons (Fsp3) is 0.778. The number of rotatable bonds is 9. The molecule has 6 amide bonds. The van der Waals surface area contributed by atoms with Crippen LogP contribution in [0, 0.1) is 35.5 Å². The van der Waals surface area contributed by atoms with Crippen molar-refractivity contribution in [1.82, 2.24) is 31.9 Å². The highest BCUT2D eigenvalue weighted by atomic mass is 16.6. The molecule has 0 aromatic carbocycles. The zero-order valence-corrected chi connectivity index (χ0v) is 50.6. The first-order valence-corrected chi connectivity index (χ1v) is 27.0. The summed E-state index contributed by atoms with van der Waals surface area (Å²) in [5, 5.41) is 47.4. The second-order valence-corrected chi connectivity index (χ2v) is 24.0. The SMILES string of the molecule is CC(C)[C@@H]1NC(=O)[C@H](C)OC(=O)[C@@H](C(C)(C)O)NC(=O)[C@@H](C(C)C)OC(=O)[C@H](C(C)C)NC(=O)[C@H](C)OC(=O)[C@@H](C(C)(C)O)NC(=O)[C@@H](C(C)C)OC(=O)[C@H](C(C)C)NC(=O)[C@H](C)OC(=O)[C@@H](C(C)(C)O)NC(=O)[C@@H](C(C)C)OC1=O. The molecule has 9 N–H and O–H groups in total. The van der Waals surface area contributed by atoms with Gasteiger partial charge in [0.25, 0.3) is 35.4 Å². The maximum atomic E-state index is 13.9. The van der Waals surface area contributed by atoms with Crippen molar-refractivity contribution in [3.05, 3.63) is 0 Å². The zero-order valence-electron chi connectivity index (χ0n) is 50.6. The van der Waals surface area contributed by atoms with Gasteiger partial charge in [0.15, 0.2) is 54.7 Å². The fourth-order valence-electron chi connectivity index (χ4n) is 7.51. The summed E-state index contributed by atoms with van der Waals surface area (Å²) in [5.41, 5.74) is -6.33. The van der Waals surface area contributed by atoms with Gasteiger partial charge in [0.1, 0.15) is 18.1 Å². The Morgan fingerprint density at radius 3 is 0.630 bits per heavy atom. The average Bonchev–Trinajstić information content (AvgIpc) is 3.31. The van der Waals surface area contributed by atoms with Gasteiger partial charge < -0.3 is 75.6 Å². The van der Waals surface area contributed by atoms with Crippen molar-refractivity contribution in [1.29, 1.82) is 0 Å². The number of nitrogens with one attached hydrogen (secondary N) is 6. The lowest BCUT2D eigenvalue weighted by Crippen LogP contribution is -2.60. The third-order valence-electron chi connectivity index (χ3n) is 12.6. The van der Waals surface area contributed by atoms with Crippen molar-refractivity contribution in [2.24, 2.45) is 35.5 Å². The minimum absolute atomic E-state index is 0.748. The van der Waals surface area contributed by atoms with E-state index in [2.05, 4.69) is 31.9 Å². The molecule has 81 heavy (non-hydrogen) atoms. The van der Waals surface area contributed by atoms with Crippen LogP contribution < -0.4 is 31.9 Å². The highest BCUT2D eigenvalue weighted by Gasteiger charge is 2.46. The number of hydrogen-bond donors (Lipinski definition) is 9. The molecule has 0 spiro atoms. The normalized spacial score (nSPS) is 28.7. The largest absolute Gasteiger partial charge is 0.451 e. The van der Waals surface area contributed by atoms with Crippen molar-refractivity contribution in [3.63, 3.8) is 0 Å². The van der Waals surface area contributed by atoms with Crippen molar-refractivity contribution in [3.8, 4) is 0 Å². The van der Waals surface area contributed by atoms with E-state index in [4.69, 9.17) is 28.4 Å². The number of esters is 6. The first kappa shape index (κ1) is 72.5. The highest BCUT2D eigenvalue weighted by molar-refractivity contribution is 5.96. The molecule has 1 heterocycles. The van der Waals surface area contributed by atoms with E-state index in [0.717, 1.165) is 62.3 Å². The molecule has 1 rings (SSSR count). The summed E-state index contributed by atoms with van der Waals surface area (Å²) in [6.45, 7) is 28.1. The van der Waals surface area contributed by atoms with Crippen LogP contribution in [0.15, 0.2) is 0 Å². The third kappa shape index (κ3) is 21.7. The molecule has 0 aromatic heterocycles. The Morgan fingerprint density at radius 1 is 0.296 bits per heavy atom. The summed E-state index contributed by atoms with van der Waals surface area (Å²) in [6, 6.07) is -10.4. The number of hydrogen-bond acceptors (Lipinski definition) is 21. The van der Waals surface area contributed by atoms with Crippen LogP contribution in [0.3, 0.4) is 0 Å². The molecule has 0 aromatic rings. The summed E-state index contributed by atoms with van der Waals surface area (Å²) >= 11 is 0. The first-order chi connectivity index (χ1) is 36.8. The summed E-state index contributed by atoms with van der Waals surface area (Å²) in [6.07, 6.45) is -10.3. The second-order valence-electron chi connectivity index (χ2n) is 24.0. The minimum atomic E-state index is -2.11. The summed E-state index contributed by atoms with van der Waals surface area (Å²) < 4.78 is 32.9. The predicted octanol–water partition coefficient (Wildman–Crippen LogP) is -0.312. The Morgan fingerprint density at radius 2 is 0.481 bits per heavy atom. The third-order valence-corrected chi connectivity index (χ3v) is 12.6. The molecule has 27 heteroatoms. The first-order valence-electron chi connectivity index (χ1n) is 27.0. The van der Waals surface area contributed by atoms with Gasteiger partial charge in [0.2, 0.25) is 0 Å². The van der Waals surface area contributed by atoms with Gasteiger partial charge >= 0.3 is 35.8 Å². The molecule has 0 radical (unpaired) electrons. The standard InChI is InChI=1S/C54H90N6O21/c1-22(2)31-46(67)79-34(25(7)8)43(64)58-38(53(18,19)74)50(71)77-29(14)41(62)56-33(24(5)6)48(69)81-36(27(11)12)45(66)60-39(54(20,21)75)51(72)78-30(15)42(63)57-32(23(3)4)47(68)80-35(26(9)10)44(65)59-37(52(16,17)73)49(70)76-28(13)40(61)55-31/h22-39,73-75H,1-21H3,(H,55,61)(H,56,62)(H,57,63)(H,58,64)(H,59,65)(H,60,66)/t28-,29-,30-,31-,32-,33-,34+,35+,36+,37-,38-,39-/m0/s1. The van der Waals surface area contributed by atoms with E-state index in [1.807, 2.05) is 0 Å². The van der Waals surface area contributed by atoms with E-state index in [9.17, 15) is 72.9 Å². The lowest BCUT2D eigenvalue weighted by molar-refractivity contribution is -0.170. The van der Waals surface area contributed by atoms with E-state index in [1.54, 1.807) is 0 Å². The van der Waals surface area contributed by atoms with Crippen molar-refractivity contribution >= 4 is 71.3 Å². The maximum absolute atomic E-state index is 13.9. The lowest BCUT2D eigenvalue weighted by Gasteiger charge is -2.33. The minimum Gasteiger partial charge on any atom is -0.451 e. The Bertz CT molecular complexity index is 2030. The van der Waals surface area contributed by atoms with Crippen molar-refractivity contribution in [2.45, 2.75) is 235 Å². The van der Waals surface area contributed by atoms with Crippen LogP contribution in [0.1, 0.15) is 145 Å². The van der Waals surface area contributed by atoms with Crippen LogP contribution in [0.5, 0.6) is 0 Å². The van der Waals surface area contributed by atoms with Gasteiger partial charge in [0.05, 0.1) is 16.8 Å². The van der Waals surface area contributed by atoms with Gasteiger partial charge in [-0.3, -0.25) is 28.8 Å². The van der Waals surface area contributed by atoms with Crippen LogP contribution >= 0.6 is 0 Å². The van der Waals surface area contributed by atoms with Crippen LogP contribution in [0.4, 0.5) is 0 Å². The quantitative estimate of drug-likeness (QED) is 0.106. The zero-order chi connectivity index (χ0) is 63.3. The van der Waals surface area contributed by atoms with Gasteiger partial charge in [-0.1, -0.05) is 83.1 Å². The summed E-state index contributed by atoms with van der Waals surface area (Å²) in [5.74, 6) is -18.8. The van der Waals surface area contributed by atoms with Crippen LogP contribution in [-0.4, -0.2) is 176 Å². The number of ether oxygens (including phenoxy) is 6. The molecule has 0 unspecified atom stereocenters. The van der Waals surface area contributed by atoms with E-state index < -0.39 is 196 Å². The molecule has 1 saturated heterocycles. The molecular weight excluding hydrogens is 1070 g/mol. The summed E-state index contributed by atoms with van der Waals surface area (Å²) in [7, 11) is 0. The number of cyclic esters (lactones) is 6. The average molecular weight is 1160 g/mol. The van der Waals surface area contributed by atoms with Gasteiger partial charge in [-0.15, -0.1) is 0 Å². The number of carbonyl (C=O) groups excluding carboxylic acids is 12. The molecular formula is C54H90N6O21. The van der Waals surface area contributed by atoms with E-state index in [1.165, 1.54) is 83.1 Å². The Hall–Kier alpha value is -6.48. The number of aliphatic hydroxyl groups is 3.